The molecule has 0 fully saturated rings. The maximum absolute atomic E-state index is 12.3. The van der Waals surface area contributed by atoms with Gasteiger partial charge in [0.2, 0.25) is 0 Å². The van der Waals surface area contributed by atoms with Crippen LogP contribution in [0.15, 0.2) is 30.3 Å². The summed E-state index contributed by atoms with van der Waals surface area (Å²) < 4.78 is 0. The fourth-order valence-electron chi connectivity index (χ4n) is 2.10. The summed E-state index contributed by atoms with van der Waals surface area (Å²) in [6.07, 6.45) is -0.227. The van der Waals surface area contributed by atoms with Gasteiger partial charge in [-0.1, -0.05) is 37.6 Å². The van der Waals surface area contributed by atoms with Gasteiger partial charge in [-0.05, 0) is 29.7 Å². The number of nitrogens with one attached hydrogen (secondary N) is 2. The summed E-state index contributed by atoms with van der Waals surface area (Å²) in [5, 5.41) is 19.1. The highest BCUT2D eigenvalue weighted by Gasteiger charge is 2.20. The first-order chi connectivity index (χ1) is 10.9. The SMILES string of the molecule is CC(C)c1cc(C(=O)N[C@@H](CC(=O)O)c2ccc(Cl)cc2)n[nH]1. The Bertz CT molecular complexity index is 695. The van der Waals surface area contributed by atoms with Gasteiger partial charge in [0.25, 0.3) is 5.91 Å². The normalized spacial score (nSPS) is 12.2. The molecule has 7 heteroatoms. The molecule has 1 aromatic carbocycles. The van der Waals surface area contributed by atoms with Gasteiger partial charge in [-0.3, -0.25) is 14.7 Å². The number of aromatic nitrogens is 2. The molecule has 0 aliphatic heterocycles. The third-order valence-corrected chi connectivity index (χ3v) is 3.66. The lowest BCUT2D eigenvalue weighted by Gasteiger charge is -2.16. The summed E-state index contributed by atoms with van der Waals surface area (Å²) in [6, 6.07) is 7.71. The number of hydrogen-bond donors (Lipinski definition) is 3. The number of aromatic amines is 1. The second-order valence-corrected chi connectivity index (χ2v) is 5.98. The van der Waals surface area contributed by atoms with Crippen molar-refractivity contribution in [2.45, 2.75) is 32.2 Å². The van der Waals surface area contributed by atoms with Crippen LogP contribution in [-0.4, -0.2) is 27.2 Å². The first-order valence-electron chi connectivity index (χ1n) is 7.20. The van der Waals surface area contributed by atoms with Crippen molar-refractivity contribution < 1.29 is 14.7 Å². The van der Waals surface area contributed by atoms with Crippen LogP contribution in [0, 0.1) is 0 Å². The Morgan fingerprint density at radius 1 is 1.30 bits per heavy atom. The fraction of sp³-hybridized carbons (Fsp3) is 0.312. The second-order valence-electron chi connectivity index (χ2n) is 5.54. The second kappa shape index (κ2) is 7.28. The van der Waals surface area contributed by atoms with Crippen molar-refractivity contribution in [2.24, 2.45) is 0 Å². The van der Waals surface area contributed by atoms with Crippen molar-refractivity contribution in [3.8, 4) is 0 Å². The highest BCUT2D eigenvalue weighted by molar-refractivity contribution is 6.30. The molecule has 0 saturated carbocycles. The van der Waals surface area contributed by atoms with Gasteiger partial charge in [0.05, 0.1) is 12.5 Å². The van der Waals surface area contributed by atoms with Crippen molar-refractivity contribution >= 4 is 23.5 Å². The Balaban J connectivity index is 2.17. The van der Waals surface area contributed by atoms with Crippen molar-refractivity contribution in [1.29, 1.82) is 0 Å². The molecule has 0 spiro atoms. The number of carboxylic acid groups (broad SMARTS) is 1. The summed E-state index contributed by atoms with van der Waals surface area (Å²) in [5.41, 5.74) is 1.75. The highest BCUT2D eigenvalue weighted by atomic mass is 35.5. The molecule has 1 aromatic heterocycles. The van der Waals surface area contributed by atoms with E-state index in [9.17, 15) is 9.59 Å². The van der Waals surface area contributed by atoms with Crippen LogP contribution in [0.1, 0.15) is 54.0 Å². The molecule has 0 saturated heterocycles. The molecule has 6 nitrogen and oxygen atoms in total. The van der Waals surface area contributed by atoms with E-state index < -0.39 is 17.9 Å². The van der Waals surface area contributed by atoms with E-state index in [0.29, 0.717) is 10.6 Å². The molecule has 1 atom stereocenters. The molecule has 0 bridgehead atoms. The Kier molecular flexibility index (Phi) is 5.39. The van der Waals surface area contributed by atoms with Crippen molar-refractivity contribution in [1.82, 2.24) is 15.5 Å². The van der Waals surface area contributed by atoms with Crippen LogP contribution in [0.4, 0.5) is 0 Å². The van der Waals surface area contributed by atoms with E-state index in [4.69, 9.17) is 16.7 Å². The van der Waals surface area contributed by atoms with Crippen LogP contribution >= 0.6 is 11.6 Å². The standard InChI is InChI=1S/C16H18ClN3O3/c1-9(2)12-7-14(20-19-12)16(23)18-13(8-15(21)22)10-3-5-11(17)6-4-10/h3-7,9,13H,8H2,1-2H3,(H,18,23)(H,19,20)(H,21,22)/t13-/m0/s1. The summed E-state index contributed by atoms with van der Waals surface area (Å²) in [7, 11) is 0. The Hall–Kier alpha value is -2.34. The van der Waals surface area contributed by atoms with E-state index in [1.54, 1.807) is 30.3 Å². The smallest absolute Gasteiger partial charge is 0.305 e. The molecule has 2 aromatic rings. The van der Waals surface area contributed by atoms with Gasteiger partial charge >= 0.3 is 5.97 Å². The fourth-order valence-corrected chi connectivity index (χ4v) is 2.23. The number of carbonyl (C=O) groups excluding carboxylic acids is 1. The number of nitrogens with zero attached hydrogens (tertiary/aromatic N) is 1. The number of hydrogen-bond acceptors (Lipinski definition) is 3. The average molecular weight is 336 g/mol. The van der Waals surface area contributed by atoms with Gasteiger partial charge in [-0.15, -0.1) is 0 Å². The largest absolute Gasteiger partial charge is 0.481 e. The van der Waals surface area contributed by atoms with E-state index in [2.05, 4.69) is 15.5 Å². The third-order valence-electron chi connectivity index (χ3n) is 3.41. The van der Waals surface area contributed by atoms with Gasteiger partial charge < -0.3 is 10.4 Å². The zero-order chi connectivity index (χ0) is 17.0. The number of carbonyl (C=O) groups is 2. The number of carboxylic acids is 1. The molecule has 1 heterocycles. The zero-order valence-electron chi connectivity index (χ0n) is 12.8. The Labute approximate surface area is 138 Å². The van der Waals surface area contributed by atoms with E-state index >= 15 is 0 Å². The van der Waals surface area contributed by atoms with Gasteiger partial charge in [0, 0.05) is 10.7 Å². The first kappa shape index (κ1) is 17.0. The minimum atomic E-state index is -1.00. The van der Waals surface area contributed by atoms with Crippen LogP contribution in [0.2, 0.25) is 5.02 Å². The van der Waals surface area contributed by atoms with E-state index in [0.717, 1.165) is 5.69 Å². The topological polar surface area (TPSA) is 95.1 Å². The minimum absolute atomic E-state index is 0.218. The van der Waals surface area contributed by atoms with E-state index in [-0.39, 0.29) is 18.0 Å². The number of H-pyrrole nitrogens is 1. The van der Waals surface area contributed by atoms with Gasteiger partial charge in [0.15, 0.2) is 0 Å². The lowest BCUT2D eigenvalue weighted by Crippen LogP contribution is -2.30. The van der Waals surface area contributed by atoms with Crippen LogP contribution in [0.25, 0.3) is 0 Å². The number of aliphatic carboxylic acids is 1. The molecule has 1 amide bonds. The number of benzene rings is 1. The lowest BCUT2D eigenvalue weighted by atomic mass is 10.0. The lowest BCUT2D eigenvalue weighted by molar-refractivity contribution is -0.137. The minimum Gasteiger partial charge on any atom is -0.481 e. The maximum atomic E-state index is 12.3. The highest BCUT2D eigenvalue weighted by Crippen LogP contribution is 2.20. The van der Waals surface area contributed by atoms with Crippen LogP contribution < -0.4 is 5.32 Å². The zero-order valence-corrected chi connectivity index (χ0v) is 13.6. The molecule has 23 heavy (non-hydrogen) atoms. The Morgan fingerprint density at radius 2 is 1.96 bits per heavy atom. The van der Waals surface area contributed by atoms with E-state index in [1.807, 2.05) is 13.8 Å². The predicted octanol–water partition coefficient (Wildman–Crippen LogP) is 3.13. The molecular formula is C16H18ClN3O3. The van der Waals surface area contributed by atoms with Crippen LogP contribution in [0.5, 0.6) is 0 Å². The third kappa shape index (κ3) is 4.56. The molecule has 0 unspecified atom stereocenters. The van der Waals surface area contributed by atoms with E-state index in [1.165, 1.54) is 0 Å². The number of halogens is 1. The number of amides is 1. The predicted molar refractivity (Wildman–Crippen MR) is 86.6 cm³/mol. The molecule has 3 N–H and O–H groups in total. The van der Waals surface area contributed by atoms with Gasteiger partial charge in [0.1, 0.15) is 5.69 Å². The van der Waals surface area contributed by atoms with Crippen molar-refractivity contribution in [3.05, 3.63) is 52.3 Å². The van der Waals surface area contributed by atoms with Crippen LogP contribution in [0.3, 0.4) is 0 Å². The number of rotatable bonds is 6. The summed E-state index contributed by atoms with van der Waals surface area (Å²) >= 11 is 5.84. The Morgan fingerprint density at radius 3 is 2.48 bits per heavy atom. The monoisotopic (exact) mass is 335 g/mol. The summed E-state index contributed by atoms with van der Waals surface area (Å²) in [6.45, 7) is 3.96. The molecule has 0 aliphatic rings. The molecule has 122 valence electrons. The summed E-state index contributed by atoms with van der Waals surface area (Å²) in [4.78, 5) is 23.4. The van der Waals surface area contributed by atoms with Crippen molar-refractivity contribution in [3.63, 3.8) is 0 Å². The van der Waals surface area contributed by atoms with Gasteiger partial charge in [-0.2, -0.15) is 5.10 Å². The molecule has 0 radical (unpaired) electrons. The molecule has 0 aliphatic carbocycles. The maximum Gasteiger partial charge on any atom is 0.305 e. The van der Waals surface area contributed by atoms with Crippen LogP contribution in [-0.2, 0) is 4.79 Å². The first-order valence-corrected chi connectivity index (χ1v) is 7.58. The van der Waals surface area contributed by atoms with Crippen molar-refractivity contribution in [2.75, 3.05) is 0 Å². The quantitative estimate of drug-likeness (QED) is 0.755. The van der Waals surface area contributed by atoms with Gasteiger partial charge in [-0.25, -0.2) is 0 Å². The molecular weight excluding hydrogens is 318 g/mol. The summed E-state index contributed by atoms with van der Waals surface area (Å²) in [5.74, 6) is -1.21. The molecule has 2 rings (SSSR count). The average Bonchev–Trinajstić information content (AvgIpc) is 2.97.